The molecule has 126 valence electrons. The average molecular weight is 339 g/mol. The van der Waals surface area contributed by atoms with Crippen LogP contribution in [0.15, 0.2) is 35.2 Å². The number of hydrogen-bond acceptors (Lipinski definition) is 5. The third-order valence-electron chi connectivity index (χ3n) is 3.62. The second kappa shape index (κ2) is 8.79. The molecule has 0 radical (unpaired) electrons. The van der Waals surface area contributed by atoms with Gasteiger partial charge in [0.2, 0.25) is 5.91 Å². The molecule has 3 atom stereocenters. The maximum atomic E-state index is 12.2. The third kappa shape index (κ3) is 5.14. The molecule has 6 nitrogen and oxygen atoms in total. The zero-order valence-electron chi connectivity index (χ0n) is 13.0. The first-order valence-corrected chi connectivity index (χ1v) is 8.87. The third-order valence-corrected chi connectivity index (χ3v) is 5.03. The Kier molecular flexibility index (Phi) is 6.73. The number of methoxy groups -OCH3 is 1. The number of ether oxygens (including phenoxy) is 2. The minimum absolute atomic E-state index is 0.243. The first-order valence-electron chi connectivity index (χ1n) is 7.55. The van der Waals surface area contributed by atoms with E-state index >= 15 is 0 Å². The number of carbonyl (C=O) groups excluding carboxylic acids is 2. The number of benzene rings is 1. The fourth-order valence-corrected chi connectivity index (χ4v) is 3.50. The molecule has 1 saturated heterocycles. The number of nitrogens with one attached hydrogen (secondary N) is 1. The van der Waals surface area contributed by atoms with Crippen LogP contribution in [0.5, 0.6) is 0 Å². The Morgan fingerprint density at radius 1 is 1.39 bits per heavy atom. The van der Waals surface area contributed by atoms with Crippen LogP contribution in [0.3, 0.4) is 0 Å². The van der Waals surface area contributed by atoms with Crippen LogP contribution in [-0.4, -0.2) is 47.7 Å². The van der Waals surface area contributed by atoms with Gasteiger partial charge < -0.3 is 14.8 Å². The monoisotopic (exact) mass is 339 g/mol. The molecule has 1 aliphatic rings. The predicted octanol–water partition coefficient (Wildman–Crippen LogP) is 1.02. The summed E-state index contributed by atoms with van der Waals surface area (Å²) in [6.45, 7) is 0.555. The molecule has 1 aliphatic heterocycles. The largest absolute Gasteiger partial charge is 0.467 e. The Bertz CT molecular complexity index is 557. The number of carbonyl (C=O) groups is 2. The van der Waals surface area contributed by atoms with Crippen molar-refractivity contribution >= 4 is 22.7 Å². The standard InChI is InChI=1S/C16H21NO5S/c1-21-16(19)13(17-15(18)14-8-5-10-22-14)9-11-23(20)12-6-3-2-4-7-12/h2-4,6-7,13-14H,5,8-11H2,1H3,(H,17,18)/t13-,14+,23-/m1/s1. The molecule has 1 N–H and O–H groups in total. The quantitative estimate of drug-likeness (QED) is 0.750. The van der Waals surface area contributed by atoms with Crippen LogP contribution < -0.4 is 5.32 Å². The zero-order chi connectivity index (χ0) is 16.7. The van der Waals surface area contributed by atoms with E-state index in [0.29, 0.717) is 17.9 Å². The second-order valence-electron chi connectivity index (χ2n) is 5.24. The second-order valence-corrected chi connectivity index (χ2v) is 6.81. The Labute approximate surface area is 138 Å². The summed E-state index contributed by atoms with van der Waals surface area (Å²) in [5, 5.41) is 2.64. The number of rotatable bonds is 7. The van der Waals surface area contributed by atoms with Gasteiger partial charge in [-0.2, -0.15) is 0 Å². The lowest BCUT2D eigenvalue weighted by atomic mass is 10.2. The van der Waals surface area contributed by atoms with Gasteiger partial charge in [-0.1, -0.05) is 18.2 Å². The summed E-state index contributed by atoms with van der Waals surface area (Å²) >= 11 is 0. The molecule has 0 saturated carbocycles. The van der Waals surface area contributed by atoms with Crippen molar-refractivity contribution in [2.75, 3.05) is 19.5 Å². The molecule has 1 aromatic carbocycles. The van der Waals surface area contributed by atoms with Crippen molar-refractivity contribution in [1.82, 2.24) is 5.32 Å². The molecule has 0 spiro atoms. The van der Waals surface area contributed by atoms with E-state index in [9.17, 15) is 13.8 Å². The van der Waals surface area contributed by atoms with Gasteiger partial charge in [-0.05, 0) is 31.4 Å². The topological polar surface area (TPSA) is 81.7 Å². The van der Waals surface area contributed by atoms with Gasteiger partial charge >= 0.3 is 5.97 Å². The molecule has 0 unspecified atom stereocenters. The van der Waals surface area contributed by atoms with Crippen molar-refractivity contribution < 1.29 is 23.3 Å². The maximum Gasteiger partial charge on any atom is 0.328 e. The first kappa shape index (κ1) is 17.6. The van der Waals surface area contributed by atoms with Crippen molar-refractivity contribution in [1.29, 1.82) is 0 Å². The van der Waals surface area contributed by atoms with Gasteiger partial charge in [0.1, 0.15) is 12.1 Å². The fraction of sp³-hybridized carbons (Fsp3) is 0.500. The van der Waals surface area contributed by atoms with Gasteiger partial charge in [-0.3, -0.25) is 9.00 Å². The fourth-order valence-electron chi connectivity index (χ4n) is 2.36. The number of amides is 1. The first-order chi connectivity index (χ1) is 11.1. The lowest BCUT2D eigenvalue weighted by molar-refractivity contribution is -0.146. The summed E-state index contributed by atoms with van der Waals surface area (Å²) in [6.07, 6.45) is 1.21. The highest BCUT2D eigenvalue weighted by molar-refractivity contribution is 7.85. The predicted molar refractivity (Wildman–Crippen MR) is 85.3 cm³/mol. The molecule has 1 heterocycles. The lowest BCUT2D eigenvalue weighted by Gasteiger charge is -2.18. The summed E-state index contributed by atoms with van der Waals surface area (Å²) in [7, 11) is 0.0360. The van der Waals surface area contributed by atoms with Gasteiger partial charge in [0.15, 0.2) is 0 Å². The van der Waals surface area contributed by atoms with E-state index < -0.39 is 28.9 Å². The smallest absolute Gasteiger partial charge is 0.328 e. The summed E-state index contributed by atoms with van der Waals surface area (Å²) < 4.78 is 22.2. The van der Waals surface area contributed by atoms with Crippen LogP contribution in [0.25, 0.3) is 0 Å². The van der Waals surface area contributed by atoms with Crippen LogP contribution >= 0.6 is 0 Å². The molecule has 23 heavy (non-hydrogen) atoms. The number of esters is 1. The Morgan fingerprint density at radius 2 is 2.13 bits per heavy atom. The molecule has 2 rings (SSSR count). The SMILES string of the molecule is COC(=O)[C@@H](CC[S@@](=O)c1ccccc1)NC(=O)[C@@H]1CCCO1. The molecule has 0 aliphatic carbocycles. The highest BCUT2D eigenvalue weighted by Crippen LogP contribution is 2.13. The van der Waals surface area contributed by atoms with Gasteiger partial charge in [0, 0.05) is 17.3 Å². The van der Waals surface area contributed by atoms with Crippen molar-refractivity contribution in [3.63, 3.8) is 0 Å². The normalized spacial score (nSPS) is 19.8. The molecule has 1 amide bonds. The lowest BCUT2D eigenvalue weighted by Crippen LogP contribution is -2.46. The van der Waals surface area contributed by atoms with E-state index in [1.165, 1.54) is 7.11 Å². The van der Waals surface area contributed by atoms with E-state index in [4.69, 9.17) is 9.47 Å². The maximum absolute atomic E-state index is 12.2. The minimum Gasteiger partial charge on any atom is -0.467 e. The highest BCUT2D eigenvalue weighted by atomic mass is 32.2. The van der Waals surface area contributed by atoms with E-state index in [2.05, 4.69) is 5.32 Å². The molecule has 0 bridgehead atoms. The molecular formula is C16H21NO5S. The minimum atomic E-state index is -1.23. The summed E-state index contributed by atoms with van der Waals surface area (Å²) in [5.74, 6) is -0.597. The van der Waals surface area contributed by atoms with Crippen LogP contribution in [0.1, 0.15) is 19.3 Å². The average Bonchev–Trinajstić information content (AvgIpc) is 3.13. The molecule has 7 heteroatoms. The van der Waals surface area contributed by atoms with Crippen molar-refractivity contribution in [2.45, 2.75) is 36.3 Å². The van der Waals surface area contributed by atoms with E-state index in [0.717, 1.165) is 6.42 Å². The van der Waals surface area contributed by atoms with Crippen molar-refractivity contribution in [2.24, 2.45) is 0 Å². The summed E-state index contributed by atoms with van der Waals surface area (Å²) in [6, 6.07) is 8.20. The highest BCUT2D eigenvalue weighted by Gasteiger charge is 2.29. The molecular weight excluding hydrogens is 318 g/mol. The number of hydrogen-bond donors (Lipinski definition) is 1. The van der Waals surface area contributed by atoms with Gasteiger partial charge in [0.25, 0.3) is 0 Å². The summed E-state index contributed by atoms with van der Waals surface area (Å²) in [4.78, 5) is 24.6. The Balaban J connectivity index is 1.91. The van der Waals surface area contributed by atoms with Gasteiger partial charge in [-0.25, -0.2) is 4.79 Å². The van der Waals surface area contributed by atoms with Crippen LogP contribution in [-0.2, 0) is 29.9 Å². The molecule has 0 aromatic heterocycles. The van der Waals surface area contributed by atoms with E-state index in [-0.39, 0.29) is 18.1 Å². The summed E-state index contributed by atoms with van der Waals surface area (Å²) in [5.41, 5.74) is 0. The van der Waals surface area contributed by atoms with E-state index in [1.54, 1.807) is 12.1 Å². The van der Waals surface area contributed by atoms with Gasteiger partial charge in [-0.15, -0.1) is 0 Å². The van der Waals surface area contributed by atoms with Crippen LogP contribution in [0.4, 0.5) is 0 Å². The van der Waals surface area contributed by atoms with Crippen LogP contribution in [0, 0.1) is 0 Å². The van der Waals surface area contributed by atoms with Gasteiger partial charge in [0.05, 0.1) is 17.9 Å². The Hall–Kier alpha value is -1.73. The van der Waals surface area contributed by atoms with E-state index in [1.807, 2.05) is 18.2 Å². The molecule has 1 fully saturated rings. The van der Waals surface area contributed by atoms with Crippen LogP contribution in [0.2, 0.25) is 0 Å². The zero-order valence-corrected chi connectivity index (χ0v) is 13.8. The Morgan fingerprint density at radius 3 is 2.74 bits per heavy atom. The molecule has 1 aromatic rings. The van der Waals surface area contributed by atoms with Crippen molar-refractivity contribution in [3.05, 3.63) is 30.3 Å². The van der Waals surface area contributed by atoms with Crippen molar-refractivity contribution in [3.8, 4) is 0 Å².